The number of benzene rings is 2. The normalized spacial score (nSPS) is 10.8. The fourth-order valence-corrected chi connectivity index (χ4v) is 2.70. The fourth-order valence-electron chi connectivity index (χ4n) is 2.70. The summed E-state index contributed by atoms with van der Waals surface area (Å²) in [6, 6.07) is 16.7. The highest BCUT2D eigenvalue weighted by molar-refractivity contribution is 6.00. The van der Waals surface area contributed by atoms with Crippen molar-refractivity contribution >= 4 is 22.9 Å². The lowest BCUT2D eigenvalue weighted by Gasteiger charge is -2.13. The van der Waals surface area contributed by atoms with Crippen molar-refractivity contribution in [2.75, 3.05) is 0 Å². The number of aromatic amines is 1. The summed E-state index contributed by atoms with van der Waals surface area (Å²) in [5.74, 6) is 0. The standard InChI is InChI=1S/C19H14N4O/c1-12(22-11-21)17-18(14-5-3-2-4-6-14)15-9-13(10-20)7-8-16(15)23-19(17)24/h2-9,11H,1H2,(H2,21,22)(H,23,24). The molecule has 2 aromatic carbocycles. The minimum absolute atomic E-state index is 0.266. The van der Waals surface area contributed by atoms with Crippen LogP contribution in [0.25, 0.3) is 27.7 Å². The van der Waals surface area contributed by atoms with E-state index in [0.717, 1.165) is 17.3 Å². The number of hydrogen-bond donors (Lipinski definition) is 2. The van der Waals surface area contributed by atoms with Gasteiger partial charge in [-0.1, -0.05) is 36.9 Å². The summed E-state index contributed by atoms with van der Waals surface area (Å²) in [5, 5.41) is 9.95. The van der Waals surface area contributed by atoms with Crippen molar-refractivity contribution in [3.8, 4) is 17.2 Å². The van der Waals surface area contributed by atoms with E-state index >= 15 is 0 Å². The van der Waals surface area contributed by atoms with E-state index in [1.807, 2.05) is 30.3 Å². The average molecular weight is 314 g/mol. The number of pyridine rings is 1. The molecule has 0 bridgehead atoms. The molecule has 1 aromatic heterocycles. The topological polar surface area (TPSA) is 95.0 Å². The van der Waals surface area contributed by atoms with Crippen LogP contribution < -0.4 is 11.3 Å². The molecular formula is C19H14N4O. The summed E-state index contributed by atoms with van der Waals surface area (Å²) in [5.41, 5.74) is 8.33. The number of nitrogens with one attached hydrogen (secondary N) is 1. The molecule has 3 N–H and O–H groups in total. The van der Waals surface area contributed by atoms with Crippen molar-refractivity contribution in [1.29, 1.82) is 5.26 Å². The number of hydrogen-bond acceptors (Lipinski definition) is 3. The Labute approximate surface area is 138 Å². The zero-order chi connectivity index (χ0) is 17.1. The fraction of sp³-hybridized carbons (Fsp3) is 0. The van der Waals surface area contributed by atoms with Gasteiger partial charge in [0.05, 0.1) is 29.2 Å². The minimum atomic E-state index is -0.304. The van der Waals surface area contributed by atoms with Gasteiger partial charge < -0.3 is 10.7 Å². The second kappa shape index (κ2) is 6.23. The molecule has 0 amide bonds. The molecule has 5 nitrogen and oxygen atoms in total. The molecule has 0 aliphatic rings. The summed E-state index contributed by atoms with van der Waals surface area (Å²) in [4.78, 5) is 19.4. The van der Waals surface area contributed by atoms with Gasteiger partial charge in [-0.25, -0.2) is 4.99 Å². The third-order valence-electron chi connectivity index (χ3n) is 3.72. The summed E-state index contributed by atoms with van der Waals surface area (Å²) in [6.07, 6.45) is 1.10. The number of fused-ring (bicyclic) bond motifs is 1. The summed E-state index contributed by atoms with van der Waals surface area (Å²) in [6.45, 7) is 3.85. The Balaban J connectivity index is 2.50. The van der Waals surface area contributed by atoms with Gasteiger partial charge in [-0.2, -0.15) is 5.26 Å². The maximum absolute atomic E-state index is 12.6. The third-order valence-corrected chi connectivity index (χ3v) is 3.72. The SMILES string of the molecule is C=C(N=CN)c1c(-c2ccccc2)c2cc(C#N)ccc2[nH]c1=O. The summed E-state index contributed by atoms with van der Waals surface area (Å²) >= 11 is 0. The predicted octanol–water partition coefficient (Wildman–Crippen LogP) is 3.02. The predicted molar refractivity (Wildman–Crippen MR) is 96.4 cm³/mol. The molecule has 0 spiro atoms. The van der Waals surface area contributed by atoms with Gasteiger partial charge in [0.1, 0.15) is 0 Å². The number of rotatable bonds is 3. The van der Waals surface area contributed by atoms with E-state index < -0.39 is 0 Å². The van der Waals surface area contributed by atoms with Crippen LogP contribution >= 0.6 is 0 Å². The largest absolute Gasteiger partial charge is 0.390 e. The first-order chi connectivity index (χ1) is 11.7. The van der Waals surface area contributed by atoms with Crippen molar-refractivity contribution in [1.82, 2.24) is 4.98 Å². The quantitative estimate of drug-likeness (QED) is 0.574. The van der Waals surface area contributed by atoms with Crippen LogP contribution in [0.3, 0.4) is 0 Å². The van der Waals surface area contributed by atoms with Gasteiger partial charge in [-0.3, -0.25) is 4.79 Å². The van der Waals surface area contributed by atoms with Gasteiger partial charge in [0.2, 0.25) is 0 Å². The smallest absolute Gasteiger partial charge is 0.258 e. The highest BCUT2D eigenvalue weighted by atomic mass is 16.1. The van der Waals surface area contributed by atoms with Crippen molar-refractivity contribution in [2.45, 2.75) is 0 Å². The summed E-state index contributed by atoms with van der Waals surface area (Å²) in [7, 11) is 0. The van der Waals surface area contributed by atoms with Crippen molar-refractivity contribution in [3.63, 3.8) is 0 Å². The highest BCUT2D eigenvalue weighted by Gasteiger charge is 2.17. The lowest BCUT2D eigenvalue weighted by atomic mass is 9.94. The molecule has 1 heterocycles. The first kappa shape index (κ1) is 15.3. The number of aliphatic imine (C=N–C) groups is 1. The van der Waals surface area contributed by atoms with Gasteiger partial charge >= 0.3 is 0 Å². The summed E-state index contributed by atoms with van der Waals surface area (Å²) < 4.78 is 0. The molecule has 3 rings (SSSR count). The zero-order valence-corrected chi connectivity index (χ0v) is 12.8. The molecular weight excluding hydrogens is 300 g/mol. The maximum Gasteiger partial charge on any atom is 0.258 e. The molecule has 0 aliphatic heterocycles. The zero-order valence-electron chi connectivity index (χ0n) is 12.8. The van der Waals surface area contributed by atoms with Crippen LogP contribution in [-0.4, -0.2) is 11.3 Å². The molecule has 0 aliphatic carbocycles. The van der Waals surface area contributed by atoms with E-state index in [2.05, 4.69) is 22.6 Å². The number of nitriles is 1. The van der Waals surface area contributed by atoms with Gasteiger partial charge in [0.15, 0.2) is 0 Å². The molecule has 24 heavy (non-hydrogen) atoms. The number of nitrogens with two attached hydrogens (primary N) is 1. The third kappa shape index (κ3) is 2.57. The number of H-pyrrole nitrogens is 1. The van der Waals surface area contributed by atoms with Crippen LogP contribution in [0, 0.1) is 11.3 Å². The Morgan fingerprint density at radius 1 is 1.25 bits per heavy atom. The van der Waals surface area contributed by atoms with Gasteiger partial charge in [0, 0.05) is 16.5 Å². The Morgan fingerprint density at radius 2 is 2.00 bits per heavy atom. The second-order valence-corrected chi connectivity index (χ2v) is 5.17. The van der Waals surface area contributed by atoms with Crippen LogP contribution in [-0.2, 0) is 0 Å². The van der Waals surface area contributed by atoms with Crippen LogP contribution in [0.5, 0.6) is 0 Å². The van der Waals surface area contributed by atoms with Crippen molar-refractivity contribution in [2.24, 2.45) is 10.7 Å². The second-order valence-electron chi connectivity index (χ2n) is 5.17. The van der Waals surface area contributed by atoms with Crippen LogP contribution in [0.4, 0.5) is 0 Å². The Bertz CT molecular complexity index is 1060. The van der Waals surface area contributed by atoms with E-state index in [9.17, 15) is 10.1 Å². The Morgan fingerprint density at radius 3 is 2.67 bits per heavy atom. The van der Waals surface area contributed by atoms with Gasteiger partial charge in [-0.15, -0.1) is 0 Å². The van der Waals surface area contributed by atoms with E-state index in [1.54, 1.807) is 18.2 Å². The first-order valence-electron chi connectivity index (χ1n) is 7.25. The lowest BCUT2D eigenvalue weighted by molar-refractivity contribution is 1.27. The van der Waals surface area contributed by atoms with Crippen molar-refractivity contribution < 1.29 is 0 Å². The van der Waals surface area contributed by atoms with E-state index in [1.165, 1.54) is 0 Å². The monoisotopic (exact) mass is 314 g/mol. The highest BCUT2D eigenvalue weighted by Crippen LogP contribution is 2.33. The average Bonchev–Trinajstić information content (AvgIpc) is 2.61. The molecule has 0 atom stereocenters. The minimum Gasteiger partial charge on any atom is -0.390 e. The molecule has 5 heteroatoms. The first-order valence-corrected chi connectivity index (χ1v) is 7.25. The number of aromatic nitrogens is 1. The van der Waals surface area contributed by atoms with E-state index in [0.29, 0.717) is 22.2 Å². The molecule has 0 saturated carbocycles. The van der Waals surface area contributed by atoms with Crippen LogP contribution in [0.1, 0.15) is 11.1 Å². The van der Waals surface area contributed by atoms with E-state index in [4.69, 9.17) is 5.73 Å². The van der Waals surface area contributed by atoms with Crippen molar-refractivity contribution in [3.05, 3.63) is 76.6 Å². The molecule has 116 valence electrons. The van der Waals surface area contributed by atoms with E-state index in [-0.39, 0.29) is 11.3 Å². The molecule has 0 radical (unpaired) electrons. The maximum atomic E-state index is 12.6. The molecule has 0 unspecified atom stereocenters. The Kier molecular flexibility index (Phi) is 3.96. The molecule has 0 saturated heterocycles. The van der Waals surface area contributed by atoms with Crippen LogP contribution in [0.15, 0.2) is 64.9 Å². The van der Waals surface area contributed by atoms with Gasteiger partial charge in [0.25, 0.3) is 5.56 Å². The Hall–Kier alpha value is -3.65. The van der Waals surface area contributed by atoms with Crippen LogP contribution in [0.2, 0.25) is 0 Å². The van der Waals surface area contributed by atoms with Gasteiger partial charge in [-0.05, 0) is 23.8 Å². The lowest BCUT2D eigenvalue weighted by Crippen LogP contribution is -2.14. The number of nitrogens with zero attached hydrogens (tertiary/aromatic N) is 2. The molecule has 0 fully saturated rings. The molecule has 3 aromatic rings.